The third-order valence-corrected chi connectivity index (χ3v) is 4.21. The van der Waals surface area contributed by atoms with Gasteiger partial charge >= 0.3 is 0 Å². The molecule has 2 unspecified atom stereocenters. The summed E-state index contributed by atoms with van der Waals surface area (Å²) in [6, 6.07) is 0. The monoisotopic (exact) mass is 250 g/mol. The summed E-state index contributed by atoms with van der Waals surface area (Å²) in [6.07, 6.45) is 2.34. The molecule has 0 saturated carbocycles. The molecular formula is C14H26N4. The number of anilines is 2. The Morgan fingerprint density at radius 3 is 2.67 bits per heavy atom. The van der Waals surface area contributed by atoms with E-state index in [9.17, 15) is 0 Å². The summed E-state index contributed by atoms with van der Waals surface area (Å²) in [5, 5.41) is 4.57. The van der Waals surface area contributed by atoms with Crippen molar-refractivity contribution in [1.82, 2.24) is 9.78 Å². The lowest BCUT2D eigenvalue weighted by molar-refractivity contribution is 0.320. The number of hydrogen-bond donors (Lipinski definition) is 1. The van der Waals surface area contributed by atoms with Crippen molar-refractivity contribution >= 4 is 11.5 Å². The molecule has 2 heterocycles. The molecule has 1 aliphatic rings. The fourth-order valence-electron chi connectivity index (χ4n) is 2.74. The molecule has 0 amide bonds. The smallest absolute Gasteiger partial charge is 0.150 e. The Morgan fingerprint density at radius 2 is 2.06 bits per heavy atom. The number of aromatic nitrogens is 2. The van der Waals surface area contributed by atoms with Crippen LogP contribution in [0, 0.1) is 18.8 Å². The Balaban J connectivity index is 2.26. The fraction of sp³-hybridized carbons (Fsp3) is 0.786. The molecule has 102 valence electrons. The zero-order chi connectivity index (χ0) is 13.3. The highest BCUT2D eigenvalue weighted by atomic mass is 15.4. The molecule has 1 aromatic heterocycles. The van der Waals surface area contributed by atoms with E-state index in [1.54, 1.807) is 0 Å². The van der Waals surface area contributed by atoms with Crippen LogP contribution in [-0.2, 0) is 6.54 Å². The average Bonchev–Trinajstić information content (AvgIpc) is 2.60. The predicted octanol–water partition coefficient (Wildman–Crippen LogP) is 2.67. The first kappa shape index (κ1) is 13.2. The van der Waals surface area contributed by atoms with Crippen molar-refractivity contribution in [2.75, 3.05) is 23.7 Å². The van der Waals surface area contributed by atoms with E-state index in [0.29, 0.717) is 0 Å². The molecule has 0 bridgehead atoms. The average molecular weight is 250 g/mol. The van der Waals surface area contributed by atoms with Crippen LogP contribution in [0.4, 0.5) is 11.5 Å². The second-order valence-corrected chi connectivity index (χ2v) is 5.74. The van der Waals surface area contributed by atoms with E-state index in [2.05, 4.69) is 35.5 Å². The lowest BCUT2D eigenvalue weighted by Crippen LogP contribution is -2.39. The summed E-state index contributed by atoms with van der Waals surface area (Å²) in [4.78, 5) is 2.43. The molecule has 4 heteroatoms. The van der Waals surface area contributed by atoms with Crippen molar-refractivity contribution in [3.63, 3.8) is 0 Å². The van der Waals surface area contributed by atoms with Crippen molar-refractivity contribution in [2.45, 2.75) is 47.1 Å². The van der Waals surface area contributed by atoms with Gasteiger partial charge in [0.05, 0.1) is 11.4 Å². The van der Waals surface area contributed by atoms with Crippen LogP contribution in [-0.4, -0.2) is 22.9 Å². The zero-order valence-electron chi connectivity index (χ0n) is 12.1. The number of aryl methyl sites for hydroxylation is 2. The number of nitrogens with zero attached hydrogens (tertiary/aromatic N) is 3. The van der Waals surface area contributed by atoms with Gasteiger partial charge in [-0.2, -0.15) is 5.10 Å². The molecule has 2 atom stereocenters. The Hall–Kier alpha value is -1.19. The number of rotatable bonds is 3. The first-order valence-electron chi connectivity index (χ1n) is 7.12. The molecule has 1 aromatic rings. The highest BCUT2D eigenvalue weighted by molar-refractivity contribution is 5.66. The van der Waals surface area contributed by atoms with Crippen LogP contribution in [0.25, 0.3) is 0 Å². The van der Waals surface area contributed by atoms with Gasteiger partial charge in [-0.1, -0.05) is 20.8 Å². The standard InChI is InChI=1S/C14H26N4/c1-5-7-18-14(13(15)12(4)16-18)17-8-6-10(2)11(3)9-17/h10-11H,5-9,15H2,1-4H3. The quantitative estimate of drug-likeness (QED) is 0.897. The first-order valence-corrected chi connectivity index (χ1v) is 7.12. The minimum Gasteiger partial charge on any atom is -0.394 e. The van der Waals surface area contributed by atoms with Gasteiger partial charge in [-0.15, -0.1) is 0 Å². The maximum atomic E-state index is 6.22. The van der Waals surface area contributed by atoms with Gasteiger partial charge in [0, 0.05) is 19.6 Å². The molecule has 1 saturated heterocycles. The minimum absolute atomic E-state index is 0.725. The van der Waals surface area contributed by atoms with Crippen molar-refractivity contribution in [2.24, 2.45) is 11.8 Å². The molecule has 0 spiro atoms. The highest BCUT2D eigenvalue weighted by Gasteiger charge is 2.27. The summed E-state index contributed by atoms with van der Waals surface area (Å²) in [5.74, 6) is 2.68. The van der Waals surface area contributed by atoms with Crippen LogP contribution < -0.4 is 10.6 Å². The molecule has 4 nitrogen and oxygen atoms in total. The van der Waals surface area contributed by atoms with Gasteiger partial charge in [-0.3, -0.25) is 0 Å². The molecule has 0 aromatic carbocycles. The molecule has 0 aliphatic carbocycles. The lowest BCUT2D eigenvalue weighted by Gasteiger charge is -2.37. The van der Waals surface area contributed by atoms with E-state index >= 15 is 0 Å². The van der Waals surface area contributed by atoms with Crippen molar-refractivity contribution in [1.29, 1.82) is 0 Å². The largest absolute Gasteiger partial charge is 0.394 e. The van der Waals surface area contributed by atoms with Gasteiger partial charge in [-0.25, -0.2) is 4.68 Å². The predicted molar refractivity (Wildman–Crippen MR) is 76.8 cm³/mol. The Labute approximate surface area is 110 Å². The van der Waals surface area contributed by atoms with E-state index in [-0.39, 0.29) is 0 Å². The molecule has 0 radical (unpaired) electrons. The molecule has 18 heavy (non-hydrogen) atoms. The van der Waals surface area contributed by atoms with Gasteiger partial charge in [0.15, 0.2) is 5.82 Å². The van der Waals surface area contributed by atoms with Crippen molar-refractivity contribution < 1.29 is 0 Å². The van der Waals surface area contributed by atoms with Crippen LogP contribution in [0.1, 0.15) is 39.3 Å². The summed E-state index contributed by atoms with van der Waals surface area (Å²) < 4.78 is 2.09. The molecular weight excluding hydrogens is 224 g/mol. The van der Waals surface area contributed by atoms with Crippen molar-refractivity contribution in [3.8, 4) is 0 Å². The number of nitrogens with two attached hydrogens (primary N) is 1. The van der Waals surface area contributed by atoms with Gasteiger partial charge < -0.3 is 10.6 Å². The van der Waals surface area contributed by atoms with Gasteiger partial charge in [-0.05, 0) is 31.6 Å². The Morgan fingerprint density at radius 1 is 1.33 bits per heavy atom. The summed E-state index contributed by atoms with van der Waals surface area (Å²) in [5.41, 5.74) is 8.05. The molecule has 1 aliphatic heterocycles. The highest BCUT2D eigenvalue weighted by Crippen LogP contribution is 2.32. The van der Waals surface area contributed by atoms with Crippen LogP contribution in [0.5, 0.6) is 0 Å². The zero-order valence-corrected chi connectivity index (χ0v) is 12.1. The number of hydrogen-bond acceptors (Lipinski definition) is 3. The normalized spacial score (nSPS) is 24.6. The third-order valence-electron chi connectivity index (χ3n) is 4.21. The third kappa shape index (κ3) is 2.33. The maximum absolute atomic E-state index is 6.22. The molecule has 2 N–H and O–H groups in total. The maximum Gasteiger partial charge on any atom is 0.150 e. The van der Waals surface area contributed by atoms with E-state index in [1.165, 1.54) is 6.42 Å². The second kappa shape index (κ2) is 5.21. The minimum atomic E-state index is 0.725. The SMILES string of the molecule is CCCn1nc(C)c(N)c1N1CCC(C)C(C)C1. The first-order chi connectivity index (χ1) is 8.54. The van der Waals surface area contributed by atoms with E-state index < -0.39 is 0 Å². The summed E-state index contributed by atoms with van der Waals surface area (Å²) >= 11 is 0. The van der Waals surface area contributed by atoms with Crippen LogP contribution in [0.2, 0.25) is 0 Å². The number of nitrogen functional groups attached to an aromatic ring is 1. The van der Waals surface area contributed by atoms with Crippen LogP contribution in [0.15, 0.2) is 0 Å². The van der Waals surface area contributed by atoms with Crippen LogP contribution in [0.3, 0.4) is 0 Å². The van der Waals surface area contributed by atoms with Gasteiger partial charge in [0.1, 0.15) is 0 Å². The molecule has 2 rings (SSSR count). The summed E-state index contributed by atoms with van der Waals surface area (Å²) in [7, 11) is 0. The van der Waals surface area contributed by atoms with E-state index in [4.69, 9.17) is 5.73 Å². The van der Waals surface area contributed by atoms with E-state index in [0.717, 1.165) is 55.1 Å². The Kier molecular flexibility index (Phi) is 3.83. The topological polar surface area (TPSA) is 47.1 Å². The van der Waals surface area contributed by atoms with Crippen LogP contribution >= 0.6 is 0 Å². The fourth-order valence-corrected chi connectivity index (χ4v) is 2.74. The lowest BCUT2D eigenvalue weighted by atomic mass is 9.89. The number of piperidine rings is 1. The second-order valence-electron chi connectivity index (χ2n) is 5.74. The van der Waals surface area contributed by atoms with Gasteiger partial charge in [0.25, 0.3) is 0 Å². The summed E-state index contributed by atoms with van der Waals surface area (Å²) in [6.45, 7) is 12.0. The Bertz CT molecular complexity index is 410. The molecule has 1 fully saturated rings. The van der Waals surface area contributed by atoms with Gasteiger partial charge in [0.2, 0.25) is 0 Å². The van der Waals surface area contributed by atoms with E-state index in [1.807, 2.05) is 6.92 Å². The van der Waals surface area contributed by atoms with Crippen molar-refractivity contribution in [3.05, 3.63) is 5.69 Å².